The molecule has 7 heteroatoms. The van der Waals surface area contributed by atoms with Gasteiger partial charge < -0.3 is 9.64 Å². The van der Waals surface area contributed by atoms with Crippen LogP contribution in [0.25, 0.3) is 0 Å². The fourth-order valence-electron chi connectivity index (χ4n) is 3.47. The van der Waals surface area contributed by atoms with E-state index in [-0.39, 0.29) is 5.91 Å². The first-order chi connectivity index (χ1) is 14.1. The molecule has 7 nitrogen and oxygen atoms in total. The third kappa shape index (κ3) is 4.34. The van der Waals surface area contributed by atoms with Gasteiger partial charge in [-0.05, 0) is 42.2 Å². The first-order valence-corrected chi connectivity index (χ1v) is 9.58. The molecule has 1 aromatic heterocycles. The van der Waals surface area contributed by atoms with Crippen molar-refractivity contribution in [1.82, 2.24) is 19.7 Å². The van der Waals surface area contributed by atoms with Crippen molar-refractivity contribution in [3.8, 4) is 0 Å². The summed E-state index contributed by atoms with van der Waals surface area (Å²) in [7, 11) is 0. The summed E-state index contributed by atoms with van der Waals surface area (Å²) in [5, 5.41) is 4.06. The van der Waals surface area contributed by atoms with Crippen LogP contribution in [0.1, 0.15) is 34.0 Å². The van der Waals surface area contributed by atoms with Gasteiger partial charge in [0, 0.05) is 13.1 Å². The second-order valence-corrected chi connectivity index (χ2v) is 7.12. The molecule has 0 spiro atoms. The first kappa shape index (κ1) is 18.9. The number of hydrogen-bond acceptors (Lipinski definition) is 5. The van der Waals surface area contributed by atoms with Crippen LogP contribution in [0.15, 0.2) is 61.2 Å². The minimum absolute atomic E-state index is 0.171. The van der Waals surface area contributed by atoms with Crippen molar-refractivity contribution in [2.24, 2.45) is 0 Å². The van der Waals surface area contributed by atoms with Crippen LogP contribution in [0.3, 0.4) is 0 Å². The van der Waals surface area contributed by atoms with Gasteiger partial charge in [-0.15, -0.1) is 0 Å². The number of hydrogen-bond donors (Lipinski definition) is 0. The Morgan fingerprint density at radius 1 is 1.10 bits per heavy atom. The fraction of sp³-hybridized carbons (Fsp3) is 0.273. The maximum absolute atomic E-state index is 12.7. The van der Waals surface area contributed by atoms with Gasteiger partial charge in [0.1, 0.15) is 12.7 Å². The molecule has 0 saturated carbocycles. The van der Waals surface area contributed by atoms with Crippen molar-refractivity contribution in [2.45, 2.75) is 32.5 Å². The van der Waals surface area contributed by atoms with E-state index in [1.165, 1.54) is 11.9 Å². The van der Waals surface area contributed by atoms with Crippen molar-refractivity contribution in [2.75, 3.05) is 6.54 Å². The van der Waals surface area contributed by atoms with Gasteiger partial charge in [0.05, 0.1) is 12.1 Å². The molecule has 0 N–H and O–H groups in total. The molecule has 0 saturated heterocycles. The topological polar surface area (TPSA) is 77.3 Å². The molecule has 1 unspecified atom stereocenters. The van der Waals surface area contributed by atoms with Crippen LogP contribution in [-0.4, -0.2) is 44.2 Å². The van der Waals surface area contributed by atoms with E-state index >= 15 is 0 Å². The molecule has 148 valence electrons. The smallest absolute Gasteiger partial charge is 0.338 e. The van der Waals surface area contributed by atoms with E-state index in [0.717, 1.165) is 17.5 Å². The molecule has 0 aliphatic carbocycles. The van der Waals surface area contributed by atoms with Crippen LogP contribution in [0.4, 0.5) is 0 Å². The summed E-state index contributed by atoms with van der Waals surface area (Å²) in [6, 6.07) is 15.2. The zero-order chi connectivity index (χ0) is 20.2. The third-order valence-electron chi connectivity index (χ3n) is 5.07. The number of benzene rings is 2. The molecule has 1 aliphatic heterocycles. The van der Waals surface area contributed by atoms with E-state index in [4.69, 9.17) is 4.74 Å². The number of fused-ring (bicyclic) bond motifs is 1. The molecular formula is C22H22N4O3. The number of amides is 1. The van der Waals surface area contributed by atoms with E-state index in [0.29, 0.717) is 25.2 Å². The van der Waals surface area contributed by atoms with Gasteiger partial charge in [0.2, 0.25) is 0 Å². The summed E-state index contributed by atoms with van der Waals surface area (Å²) in [5.41, 5.74) is 3.82. The van der Waals surface area contributed by atoms with Gasteiger partial charge >= 0.3 is 5.97 Å². The molecule has 4 rings (SSSR count). The zero-order valence-corrected chi connectivity index (χ0v) is 16.2. The van der Waals surface area contributed by atoms with Gasteiger partial charge in [-0.2, -0.15) is 5.10 Å². The standard InChI is InChI=1S/C22H22N4O3/c1-16(21(27)25-11-10-18-4-2-3-5-20(18)13-25)29-22(28)19-8-6-17(7-9-19)12-26-15-23-14-24-26/h2-9,14-16H,10-13H2,1H3. The Hall–Kier alpha value is -3.48. The highest BCUT2D eigenvalue weighted by molar-refractivity contribution is 5.92. The molecule has 1 amide bonds. The largest absolute Gasteiger partial charge is 0.449 e. The minimum Gasteiger partial charge on any atom is -0.449 e. The van der Waals surface area contributed by atoms with Gasteiger partial charge in [0.15, 0.2) is 6.10 Å². The highest BCUT2D eigenvalue weighted by Crippen LogP contribution is 2.20. The summed E-state index contributed by atoms with van der Waals surface area (Å²) >= 11 is 0. The molecule has 0 fully saturated rings. The van der Waals surface area contributed by atoms with E-state index in [1.54, 1.807) is 35.0 Å². The van der Waals surface area contributed by atoms with E-state index in [9.17, 15) is 9.59 Å². The number of esters is 1. The Labute approximate surface area is 168 Å². The number of nitrogens with zero attached hydrogens (tertiary/aromatic N) is 4. The maximum Gasteiger partial charge on any atom is 0.338 e. The van der Waals surface area contributed by atoms with Crippen molar-refractivity contribution < 1.29 is 14.3 Å². The van der Waals surface area contributed by atoms with Crippen molar-refractivity contribution in [3.05, 3.63) is 83.4 Å². The van der Waals surface area contributed by atoms with Gasteiger partial charge in [-0.1, -0.05) is 36.4 Å². The van der Waals surface area contributed by atoms with Crippen LogP contribution in [-0.2, 0) is 29.0 Å². The van der Waals surface area contributed by atoms with Crippen molar-refractivity contribution >= 4 is 11.9 Å². The number of carbonyl (C=O) groups excluding carboxylic acids is 2. The molecule has 2 aromatic carbocycles. The van der Waals surface area contributed by atoms with Crippen molar-refractivity contribution in [1.29, 1.82) is 0 Å². The van der Waals surface area contributed by atoms with Crippen LogP contribution in [0.2, 0.25) is 0 Å². The number of carbonyl (C=O) groups is 2. The van der Waals surface area contributed by atoms with Gasteiger partial charge in [-0.3, -0.25) is 4.79 Å². The normalized spacial score (nSPS) is 14.2. The average molecular weight is 390 g/mol. The summed E-state index contributed by atoms with van der Waals surface area (Å²) in [6.45, 7) is 3.38. The third-order valence-corrected chi connectivity index (χ3v) is 5.07. The Kier molecular flexibility index (Phi) is 5.37. The summed E-state index contributed by atoms with van der Waals surface area (Å²) in [4.78, 5) is 30.8. The Bertz CT molecular complexity index is 999. The van der Waals surface area contributed by atoms with E-state index < -0.39 is 12.1 Å². The summed E-state index contributed by atoms with van der Waals surface area (Å²) in [6.07, 6.45) is 3.09. The molecule has 29 heavy (non-hydrogen) atoms. The predicted octanol–water partition coefficient (Wildman–Crippen LogP) is 2.46. The van der Waals surface area contributed by atoms with Crippen LogP contribution >= 0.6 is 0 Å². The minimum atomic E-state index is -0.831. The van der Waals surface area contributed by atoms with Crippen LogP contribution < -0.4 is 0 Å². The lowest BCUT2D eigenvalue weighted by atomic mass is 9.99. The fourth-order valence-corrected chi connectivity index (χ4v) is 3.47. The van der Waals surface area contributed by atoms with Gasteiger partial charge in [-0.25, -0.2) is 14.5 Å². The molecular weight excluding hydrogens is 368 g/mol. The van der Waals surface area contributed by atoms with E-state index in [1.807, 2.05) is 30.3 Å². The lowest BCUT2D eigenvalue weighted by Gasteiger charge is -2.30. The summed E-state index contributed by atoms with van der Waals surface area (Å²) in [5.74, 6) is -0.675. The van der Waals surface area contributed by atoms with Gasteiger partial charge in [0.25, 0.3) is 5.91 Å². The average Bonchev–Trinajstić information content (AvgIpc) is 3.26. The Morgan fingerprint density at radius 3 is 2.59 bits per heavy atom. The molecule has 2 heterocycles. The second-order valence-electron chi connectivity index (χ2n) is 7.12. The first-order valence-electron chi connectivity index (χ1n) is 9.58. The quantitative estimate of drug-likeness (QED) is 0.626. The van der Waals surface area contributed by atoms with Crippen LogP contribution in [0.5, 0.6) is 0 Å². The number of ether oxygens (including phenoxy) is 1. The Balaban J connectivity index is 1.35. The monoisotopic (exact) mass is 390 g/mol. The molecule has 3 aromatic rings. The van der Waals surface area contributed by atoms with Crippen LogP contribution in [0, 0.1) is 0 Å². The molecule has 0 bridgehead atoms. The number of aromatic nitrogens is 3. The molecule has 0 radical (unpaired) electrons. The highest BCUT2D eigenvalue weighted by Gasteiger charge is 2.27. The Morgan fingerprint density at radius 2 is 1.86 bits per heavy atom. The number of rotatable bonds is 5. The lowest BCUT2D eigenvalue weighted by molar-refractivity contribution is -0.140. The van der Waals surface area contributed by atoms with E-state index in [2.05, 4.69) is 16.1 Å². The summed E-state index contributed by atoms with van der Waals surface area (Å²) < 4.78 is 7.13. The SMILES string of the molecule is CC(OC(=O)c1ccc(Cn2cncn2)cc1)C(=O)N1CCc2ccccc2C1. The molecule has 1 atom stereocenters. The predicted molar refractivity (Wildman–Crippen MR) is 106 cm³/mol. The lowest BCUT2D eigenvalue weighted by Crippen LogP contribution is -2.42. The maximum atomic E-state index is 12.7. The highest BCUT2D eigenvalue weighted by atomic mass is 16.5. The zero-order valence-electron chi connectivity index (χ0n) is 16.2. The molecule has 1 aliphatic rings. The second kappa shape index (κ2) is 8.26. The van der Waals surface area contributed by atoms with Crippen molar-refractivity contribution in [3.63, 3.8) is 0 Å².